The second kappa shape index (κ2) is 7.80. The number of imidazole rings is 1. The van der Waals surface area contributed by atoms with Crippen molar-refractivity contribution in [3.8, 4) is 5.69 Å². The van der Waals surface area contributed by atoms with Crippen LogP contribution in [0.3, 0.4) is 0 Å². The predicted octanol–water partition coefficient (Wildman–Crippen LogP) is 4.67. The van der Waals surface area contributed by atoms with Crippen molar-refractivity contribution in [2.45, 2.75) is 25.9 Å². The van der Waals surface area contributed by atoms with Crippen LogP contribution < -0.4 is 5.32 Å². The molecule has 6 heteroatoms. The molecule has 0 saturated carbocycles. The fourth-order valence-corrected chi connectivity index (χ4v) is 3.73. The van der Waals surface area contributed by atoms with Crippen LogP contribution in [-0.4, -0.2) is 27.5 Å². The number of nitrogens with one attached hydrogen (secondary N) is 1. The van der Waals surface area contributed by atoms with Gasteiger partial charge in [-0.1, -0.05) is 11.8 Å². The first kappa shape index (κ1) is 18.9. The Balaban J connectivity index is 1.80. The van der Waals surface area contributed by atoms with Crippen molar-refractivity contribution in [3.63, 3.8) is 0 Å². The number of ketones is 1. The summed E-state index contributed by atoms with van der Waals surface area (Å²) in [4.78, 5) is 28.6. The Hall–Kier alpha value is -2.86. The van der Waals surface area contributed by atoms with Gasteiger partial charge in [-0.25, -0.2) is 4.98 Å². The third-order valence-corrected chi connectivity index (χ3v) is 5.01. The second-order valence-corrected chi connectivity index (χ2v) is 7.10. The van der Waals surface area contributed by atoms with Crippen LogP contribution in [0.1, 0.15) is 38.8 Å². The van der Waals surface area contributed by atoms with Crippen LogP contribution in [0.5, 0.6) is 0 Å². The van der Waals surface area contributed by atoms with E-state index in [1.165, 1.54) is 0 Å². The molecule has 0 atom stereocenters. The molecule has 1 amide bonds. The molecule has 3 aromatic rings. The quantitative estimate of drug-likeness (QED) is 0.517. The van der Waals surface area contributed by atoms with E-state index in [1.54, 1.807) is 37.0 Å². The van der Waals surface area contributed by atoms with E-state index in [4.69, 9.17) is 0 Å². The van der Waals surface area contributed by atoms with Crippen LogP contribution >= 0.6 is 11.8 Å². The van der Waals surface area contributed by atoms with Gasteiger partial charge < -0.3 is 5.32 Å². The van der Waals surface area contributed by atoms with Gasteiger partial charge in [-0.05, 0) is 74.6 Å². The minimum atomic E-state index is -0.188. The van der Waals surface area contributed by atoms with Gasteiger partial charge in [0.15, 0.2) is 10.9 Å². The van der Waals surface area contributed by atoms with E-state index in [-0.39, 0.29) is 11.7 Å². The maximum absolute atomic E-state index is 12.6. The summed E-state index contributed by atoms with van der Waals surface area (Å²) in [5, 5.41) is 3.80. The van der Waals surface area contributed by atoms with Crippen molar-refractivity contribution in [3.05, 3.63) is 71.0 Å². The number of thioether (sulfide) groups is 1. The Morgan fingerprint density at radius 1 is 1.07 bits per heavy atom. The highest BCUT2D eigenvalue weighted by molar-refractivity contribution is 7.98. The minimum absolute atomic E-state index is 0.0302. The Bertz CT molecular complexity index is 984. The molecule has 1 heterocycles. The van der Waals surface area contributed by atoms with E-state index in [2.05, 4.69) is 10.3 Å². The number of rotatable bonds is 5. The summed E-state index contributed by atoms with van der Waals surface area (Å²) in [6.07, 6.45) is 5.62. The van der Waals surface area contributed by atoms with Crippen LogP contribution in [0.15, 0.2) is 53.9 Å². The fourth-order valence-electron chi connectivity index (χ4n) is 3.20. The van der Waals surface area contributed by atoms with Gasteiger partial charge >= 0.3 is 0 Å². The number of amides is 1. The lowest BCUT2D eigenvalue weighted by Gasteiger charge is -2.12. The summed E-state index contributed by atoms with van der Waals surface area (Å²) in [7, 11) is 0. The molecule has 0 aliphatic carbocycles. The molecule has 1 aromatic heterocycles. The zero-order chi connectivity index (χ0) is 19.6. The molecule has 0 radical (unpaired) electrons. The van der Waals surface area contributed by atoms with Gasteiger partial charge in [-0.15, -0.1) is 0 Å². The summed E-state index contributed by atoms with van der Waals surface area (Å²) in [5.74, 6) is -0.158. The van der Waals surface area contributed by atoms with Crippen molar-refractivity contribution < 1.29 is 9.59 Å². The fraction of sp³-hybridized carbons (Fsp3) is 0.190. The second-order valence-electron chi connectivity index (χ2n) is 6.33. The van der Waals surface area contributed by atoms with Crippen molar-refractivity contribution in [1.29, 1.82) is 0 Å². The van der Waals surface area contributed by atoms with Crippen LogP contribution in [0, 0.1) is 13.8 Å². The molecular weight excluding hydrogens is 358 g/mol. The van der Waals surface area contributed by atoms with E-state index in [1.807, 2.05) is 55.1 Å². The molecule has 0 bridgehead atoms. The number of aryl methyl sites for hydroxylation is 2. The SMILES string of the molecule is CSc1nccn1-c1ccc(C(=O)Nc2cc(C)c(C(C)=O)c(C)c2)cc1. The number of anilines is 1. The molecule has 27 heavy (non-hydrogen) atoms. The Morgan fingerprint density at radius 3 is 2.26 bits per heavy atom. The van der Waals surface area contributed by atoms with E-state index in [0.29, 0.717) is 16.8 Å². The molecule has 0 unspecified atom stereocenters. The lowest BCUT2D eigenvalue weighted by molar-refractivity contribution is 0.101. The zero-order valence-electron chi connectivity index (χ0n) is 15.7. The van der Waals surface area contributed by atoms with Gasteiger partial charge in [0, 0.05) is 34.9 Å². The van der Waals surface area contributed by atoms with Gasteiger partial charge in [-0.3, -0.25) is 14.2 Å². The lowest BCUT2D eigenvalue weighted by atomic mass is 9.99. The lowest BCUT2D eigenvalue weighted by Crippen LogP contribution is -2.13. The average molecular weight is 379 g/mol. The number of benzene rings is 2. The van der Waals surface area contributed by atoms with Crippen molar-refractivity contribution >= 4 is 29.1 Å². The third-order valence-electron chi connectivity index (χ3n) is 4.34. The number of hydrogen-bond donors (Lipinski definition) is 1. The van der Waals surface area contributed by atoms with Gasteiger partial charge in [0.1, 0.15) is 0 Å². The third kappa shape index (κ3) is 3.95. The molecule has 0 fully saturated rings. The normalized spacial score (nSPS) is 10.7. The molecular formula is C21H21N3O2S. The molecule has 0 aliphatic rings. The van der Waals surface area contributed by atoms with Crippen LogP contribution in [0.25, 0.3) is 5.69 Å². The molecule has 3 rings (SSSR count). The van der Waals surface area contributed by atoms with E-state index in [9.17, 15) is 9.59 Å². The zero-order valence-corrected chi connectivity index (χ0v) is 16.6. The van der Waals surface area contributed by atoms with Gasteiger partial charge in [0.05, 0.1) is 0 Å². The number of nitrogens with zero attached hydrogens (tertiary/aromatic N) is 2. The first-order valence-electron chi connectivity index (χ1n) is 8.52. The maximum atomic E-state index is 12.6. The average Bonchev–Trinajstić information content (AvgIpc) is 3.09. The van der Waals surface area contributed by atoms with Gasteiger partial charge in [0.2, 0.25) is 0 Å². The standard InChI is InChI=1S/C21H21N3O2S/c1-13-11-17(12-14(2)19(13)15(3)25)23-20(26)16-5-7-18(8-6-16)24-10-9-22-21(24)27-4/h5-12H,1-4H3,(H,23,26). The first-order valence-corrected chi connectivity index (χ1v) is 9.74. The van der Waals surface area contributed by atoms with Crippen LogP contribution in [-0.2, 0) is 0 Å². The number of carbonyl (C=O) groups is 2. The Morgan fingerprint density at radius 2 is 1.70 bits per heavy atom. The number of Topliss-reactive ketones (excluding diaryl/α,β-unsaturated/α-hetero) is 1. The van der Waals surface area contributed by atoms with Gasteiger partial charge in [0.25, 0.3) is 5.91 Å². The van der Waals surface area contributed by atoms with Gasteiger partial charge in [-0.2, -0.15) is 0 Å². The molecule has 0 aliphatic heterocycles. The highest BCUT2D eigenvalue weighted by atomic mass is 32.2. The molecule has 1 N–H and O–H groups in total. The molecule has 2 aromatic carbocycles. The monoisotopic (exact) mass is 379 g/mol. The molecule has 0 saturated heterocycles. The first-order chi connectivity index (χ1) is 12.9. The molecule has 5 nitrogen and oxygen atoms in total. The van der Waals surface area contributed by atoms with Crippen LogP contribution in [0.2, 0.25) is 0 Å². The number of carbonyl (C=O) groups excluding carboxylic acids is 2. The summed E-state index contributed by atoms with van der Waals surface area (Å²) in [5.41, 5.74) is 4.63. The van der Waals surface area contributed by atoms with E-state index >= 15 is 0 Å². The summed E-state index contributed by atoms with van der Waals surface area (Å²) >= 11 is 1.56. The minimum Gasteiger partial charge on any atom is -0.322 e. The van der Waals surface area contributed by atoms with Crippen LogP contribution in [0.4, 0.5) is 5.69 Å². The highest BCUT2D eigenvalue weighted by Gasteiger charge is 2.12. The largest absolute Gasteiger partial charge is 0.322 e. The van der Waals surface area contributed by atoms with Crippen molar-refractivity contribution in [1.82, 2.24) is 9.55 Å². The number of hydrogen-bond acceptors (Lipinski definition) is 4. The summed E-state index contributed by atoms with van der Waals surface area (Å²) < 4.78 is 1.97. The predicted molar refractivity (Wildman–Crippen MR) is 109 cm³/mol. The van der Waals surface area contributed by atoms with Crippen molar-refractivity contribution in [2.24, 2.45) is 0 Å². The van der Waals surface area contributed by atoms with Crippen molar-refractivity contribution in [2.75, 3.05) is 11.6 Å². The smallest absolute Gasteiger partial charge is 0.255 e. The Labute approximate surface area is 162 Å². The summed E-state index contributed by atoms with van der Waals surface area (Å²) in [6, 6.07) is 11.0. The van der Waals surface area contributed by atoms with E-state index in [0.717, 1.165) is 22.0 Å². The molecule has 0 spiro atoms. The summed E-state index contributed by atoms with van der Waals surface area (Å²) in [6.45, 7) is 5.31. The number of aromatic nitrogens is 2. The highest BCUT2D eigenvalue weighted by Crippen LogP contribution is 2.22. The maximum Gasteiger partial charge on any atom is 0.255 e. The molecule has 138 valence electrons. The Kier molecular flexibility index (Phi) is 5.46. The topological polar surface area (TPSA) is 64.0 Å². The van der Waals surface area contributed by atoms with E-state index < -0.39 is 0 Å².